The summed E-state index contributed by atoms with van der Waals surface area (Å²) in [6.07, 6.45) is 0.763. The largest absolute Gasteiger partial charge is 0.445 e. The summed E-state index contributed by atoms with van der Waals surface area (Å²) in [5.74, 6) is -0.0867. The Morgan fingerprint density at radius 1 is 1.32 bits per heavy atom. The Labute approximate surface area is 127 Å². The van der Waals surface area contributed by atoms with E-state index in [4.69, 9.17) is 10.5 Å². The molecule has 2 rings (SSSR count). The van der Waals surface area contributed by atoms with Crippen LogP contribution in [0.15, 0.2) is 36.5 Å². The summed E-state index contributed by atoms with van der Waals surface area (Å²) in [6.45, 7) is -0.0776. The molecule has 0 bridgehead atoms. The first kappa shape index (κ1) is 15.4. The number of rotatable bonds is 5. The average molecular weight is 303 g/mol. The highest BCUT2D eigenvalue weighted by Crippen LogP contribution is 2.15. The third-order valence-electron chi connectivity index (χ3n) is 2.86. The lowest BCUT2D eigenvalue weighted by Crippen LogP contribution is -2.33. The van der Waals surface area contributed by atoms with Crippen molar-refractivity contribution in [1.82, 2.24) is 15.1 Å². The number of benzene rings is 1. The monoisotopic (exact) mass is 303 g/mol. The minimum Gasteiger partial charge on any atom is -0.445 e. The van der Waals surface area contributed by atoms with Crippen LogP contribution < -0.4 is 16.4 Å². The number of aryl methyl sites for hydroxylation is 1. The van der Waals surface area contributed by atoms with Crippen LogP contribution in [0.4, 0.5) is 16.3 Å². The molecule has 0 radical (unpaired) electrons. The van der Waals surface area contributed by atoms with E-state index in [9.17, 15) is 9.59 Å². The minimum atomic E-state index is -0.668. The Kier molecular flexibility index (Phi) is 4.97. The van der Waals surface area contributed by atoms with Crippen molar-refractivity contribution in [2.45, 2.75) is 6.61 Å². The van der Waals surface area contributed by atoms with E-state index in [0.29, 0.717) is 11.5 Å². The maximum absolute atomic E-state index is 11.7. The fourth-order valence-corrected chi connectivity index (χ4v) is 1.66. The minimum absolute atomic E-state index is 0.143. The standard InChI is InChI=1S/C14H17N5O3/c1-19-13(15)11(7-17-19)18-12(20)8-16-14(21)22-9-10-5-3-2-4-6-10/h2-7H,8-9,15H2,1H3,(H,16,21)(H,18,20). The first-order valence-corrected chi connectivity index (χ1v) is 6.58. The number of hydrogen-bond donors (Lipinski definition) is 3. The number of carbonyl (C=O) groups is 2. The second kappa shape index (κ2) is 7.11. The van der Waals surface area contributed by atoms with E-state index < -0.39 is 12.0 Å². The highest BCUT2D eigenvalue weighted by molar-refractivity contribution is 5.95. The third-order valence-corrected chi connectivity index (χ3v) is 2.86. The number of amides is 2. The van der Waals surface area contributed by atoms with Gasteiger partial charge in [0.2, 0.25) is 5.91 Å². The Morgan fingerprint density at radius 3 is 2.68 bits per heavy atom. The van der Waals surface area contributed by atoms with Crippen LogP contribution >= 0.6 is 0 Å². The number of nitrogens with zero attached hydrogens (tertiary/aromatic N) is 2. The number of carbonyl (C=O) groups excluding carboxylic acids is 2. The van der Waals surface area contributed by atoms with Crippen molar-refractivity contribution in [1.29, 1.82) is 0 Å². The number of nitrogens with two attached hydrogens (primary N) is 1. The predicted octanol–water partition coefficient (Wildman–Crippen LogP) is 0.867. The maximum atomic E-state index is 11.7. The molecule has 1 aromatic carbocycles. The Morgan fingerprint density at radius 2 is 2.05 bits per heavy atom. The Bertz CT molecular complexity index is 654. The molecule has 0 saturated carbocycles. The van der Waals surface area contributed by atoms with Gasteiger partial charge >= 0.3 is 6.09 Å². The normalized spacial score (nSPS) is 10.0. The Balaban J connectivity index is 1.72. The molecule has 0 saturated heterocycles. The maximum Gasteiger partial charge on any atom is 0.407 e. The van der Waals surface area contributed by atoms with Crippen molar-refractivity contribution in [2.75, 3.05) is 17.6 Å². The highest BCUT2D eigenvalue weighted by Gasteiger charge is 2.10. The van der Waals surface area contributed by atoms with Gasteiger partial charge < -0.3 is 21.1 Å². The molecule has 2 amide bonds. The lowest BCUT2D eigenvalue weighted by atomic mass is 10.2. The van der Waals surface area contributed by atoms with Gasteiger partial charge in [0.25, 0.3) is 0 Å². The second-order valence-corrected chi connectivity index (χ2v) is 4.53. The lowest BCUT2D eigenvalue weighted by molar-refractivity contribution is -0.115. The van der Waals surface area contributed by atoms with Crippen molar-refractivity contribution in [3.8, 4) is 0 Å². The number of hydrogen-bond acceptors (Lipinski definition) is 5. The predicted molar refractivity (Wildman–Crippen MR) is 80.9 cm³/mol. The molecule has 116 valence electrons. The van der Waals surface area contributed by atoms with Gasteiger partial charge in [-0.2, -0.15) is 5.10 Å². The fraction of sp³-hybridized carbons (Fsp3) is 0.214. The summed E-state index contributed by atoms with van der Waals surface area (Å²) in [4.78, 5) is 23.2. The van der Waals surface area contributed by atoms with Gasteiger partial charge in [-0.05, 0) is 5.56 Å². The van der Waals surface area contributed by atoms with Crippen LogP contribution in [0.5, 0.6) is 0 Å². The summed E-state index contributed by atoms with van der Waals surface area (Å²) >= 11 is 0. The van der Waals surface area contributed by atoms with Gasteiger partial charge in [-0.1, -0.05) is 30.3 Å². The van der Waals surface area contributed by atoms with E-state index in [2.05, 4.69) is 15.7 Å². The number of alkyl carbamates (subject to hydrolysis) is 1. The molecule has 0 aliphatic rings. The molecule has 0 spiro atoms. The average Bonchev–Trinajstić information content (AvgIpc) is 2.84. The molecule has 8 nitrogen and oxygen atoms in total. The third kappa shape index (κ3) is 4.23. The molecule has 8 heteroatoms. The van der Waals surface area contributed by atoms with Crippen LogP contribution in [0.3, 0.4) is 0 Å². The van der Waals surface area contributed by atoms with Gasteiger partial charge in [-0.25, -0.2) is 4.79 Å². The van der Waals surface area contributed by atoms with Crippen molar-refractivity contribution in [3.05, 3.63) is 42.1 Å². The zero-order valence-electron chi connectivity index (χ0n) is 12.1. The van der Waals surface area contributed by atoms with Crippen LogP contribution in [-0.4, -0.2) is 28.3 Å². The van der Waals surface area contributed by atoms with E-state index >= 15 is 0 Å². The van der Waals surface area contributed by atoms with Crippen LogP contribution in [0.1, 0.15) is 5.56 Å². The molecule has 0 fully saturated rings. The molecule has 0 unspecified atom stereocenters. The molecule has 1 heterocycles. The quantitative estimate of drug-likeness (QED) is 0.759. The van der Waals surface area contributed by atoms with Gasteiger partial charge in [0.1, 0.15) is 24.7 Å². The topological polar surface area (TPSA) is 111 Å². The molecule has 0 aliphatic carbocycles. The van der Waals surface area contributed by atoms with Gasteiger partial charge in [0, 0.05) is 7.05 Å². The van der Waals surface area contributed by atoms with Crippen LogP contribution in [-0.2, 0) is 23.2 Å². The number of nitrogens with one attached hydrogen (secondary N) is 2. The molecule has 22 heavy (non-hydrogen) atoms. The molecule has 0 atom stereocenters. The van der Waals surface area contributed by atoms with Gasteiger partial charge in [0.15, 0.2) is 0 Å². The summed E-state index contributed by atoms with van der Waals surface area (Å²) in [5, 5.41) is 8.79. The molecule has 0 aliphatic heterocycles. The van der Waals surface area contributed by atoms with Gasteiger partial charge in [-0.15, -0.1) is 0 Å². The van der Waals surface area contributed by atoms with Crippen molar-refractivity contribution < 1.29 is 14.3 Å². The number of nitrogen functional groups attached to an aromatic ring is 1. The summed E-state index contributed by atoms with van der Waals surface area (Å²) in [5.41, 5.74) is 6.95. The molecular formula is C14H17N5O3. The molecule has 4 N–H and O–H groups in total. The summed E-state index contributed by atoms with van der Waals surface area (Å²) in [6, 6.07) is 9.25. The Hall–Kier alpha value is -3.03. The smallest absolute Gasteiger partial charge is 0.407 e. The fourth-order valence-electron chi connectivity index (χ4n) is 1.66. The van der Waals surface area contributed by atoms with Crippen LogP contribution in [0.2, 0.25) is 0 Å². The van der Waals surface area contributed by atoms with Crippen molar-refractivity contribution >= 4 is 23.5 Å². The number of ether oxygens (including phenoxy) is 1. The van der Waals surface area contributed by atoms with Crippen molar-refractivity contribution in [3.63, 3.8) is 0 Å². The first-order chi connectivity index (χ1) is 10.6. The number of anilines is 2. The lowest BCUT2D eigenvalue weighted by Gasteiger charge is -2.07. The van der Waals surface area contributed by atoms with E-state index in [0.717, 1.165) is 5.56 Å². The van der Waals surface area contributed by atoms with E-state index in [1.54, 1.807) is 7.05 Å². The van der Waals surface area contributed by atoms with Crippen LogP contribution in [0, 0.1) is 0 Å². The zero-order chi connectivity index (χ0) is 15.9. The van der Waals surface area contributed by atoms with E-state index in [-0.39, 0.29) is 13.2 Å². The zero-order valence-corrected chi connectivity index (χ0v) is 12.1. The summed E-state index contributed by atoms with van der Waals surface area (Å²) < 4.78 is 6.41. The van der Waals surface area contributed by atoms with E-state index in [1.165, 1.54) is 10.9 Å². The number of aromatic nitrogens is 2. The highest BCUT2D eigenvalue weighted by atomic mass is 16.5. The van der Waals surface area contributed by atoms with Crippen LogP contribution in [0.25, 0.3) is 0 Å². The van der Waals surface area contributed by atoms with Crippen molar-refractivity contribution in [2.24, 2.45) is 7.05 Å². The van der Waals surface area contributed by atoms with Gasteiger partial charge in [0.05, 0.1) is 6.20 Å². The molecule has 2 aromatic rings. The molecular weight excluding hydrogens is 286 g/mol. The SMILES string of the molecule is Cn1ncc(NC(=O)CNC(=O)OCc2ccccc2)c1N. The van der Waals surface area contributed by atoms with Gasteiger partial charge in [-0.3, -0.25) is 9.48 Å². The first-order valence-electron chi connectivity index (χ1n) is 6.58. The second-order valence-electron chi connectivity index (χ2n) is 4.53. The van der Waals surface area contributed by atoms with E-state index in [1.807, 2.05) is 30.3 Å². The molecule has 1 aromatic heterocycles. The summed E-state index contributed by atoms with van der Waals surface area (Å²) in [7, 11) is 1.66.